The Balaban J connectivity index is 1.62. The van der Waals surface area contributed by atoms with Crippen LogP contribution in [0.25, 0.3) is 0 Å². The van der Waals surface area contributed by atoms with E-state index in [1.165, 1.54) is 48.8 Å². The van der Waals surface area contributed by atoms with Gasteiger partial charge in [-0.2, -0.15) is 0 Å². The topological polar surface area (TPSA) is 34.0 Å². The third kappa shape index (κ3) is 4.21. The molecule has 2 aromatic heterocycles. The second-order valence-corrected chi connectivity index (χ2v) is 7.44. The highest BCUT2D eigenvalue weighted by atomic mass is 32.1. The van der Waals surface area contributed by atoms with Crippen LogP contribution in [-0.2, 0) is 19.5 Å². The van der Waals surface area contributed by atoms with Crippen LogP contribution in [0.15, 0.2) is 17.8 Å². The van der Waals surface area contributed by atoms with E-state index in [1.54, 1.807) is 11.3 Å². The Bertz CT molecular complexity index is 604. The molecule has 1 aliphatic heterocycles. The van der Waals surface area contributed by atoms with Gasteiger partial charge >= 0.3 is 0 Å². The van der Waals surface area contributed by atoms with Crippen molar-refractivity contribution in [2.75, 3.05) is 13.1 Å². The number of aryl methyl sites for hydroxylation is 2. The molecule has 0 bridgehead atoms. The zero-order chi connectivity index (χ0) is 16.1. The van der Waals surface area contributed by atoms with E-state index in [0.717, 1.165) is 26.1 Å². The van der Waals surface area contributed by atoms with Crippen molar-refractivity contribution in [3.8, 4) is 0 Å². The van der Waals surface area contributed by atoms with Crippen LogP contribution < -0.4 is 0 Å². The maximum atomic E-state index is 4.72. The van der Waals surface area contributed by atoms with Crippen LogP contribution in [0.4, 0.5) is 0 Å². The maximum Gasteiger partial charge on any atom is 0.113 e. The number of aromatic nitrogens is 3. The molecule has 1 atom stereocenters. The van der Waals surface area contributed by atoms with Gasteiger partial charge in [0.1, 0.15) is 5.82 Å². The minimum atomic E-state index is 0.569. The molecule has 0 spiro atoms. The van der Waals surface area contributed by atoms with Gasteiger partial charge in [-0.05, 0) is 32.2 Å². The summed E-state index contributed by atoms with van der Waals surface area (Å²) in [4.78, 5) is 12.0. The highest BCUT2D eigenvalue weighted by Crippen LogP contribution is 2.27. The fourth-order valence-corrected chi connectivity index (χ4v) is 4.16. The van der Waals surface area contributed by atoms with Crippen molar-refractivity contribution < 1.29 is 0 Å². The number of piperidine rings is 1. The first-order valence-electron chi connectivity index (χ1n) is 8.96. The summed E-state index contributed by atoms with van der Waals surface area (Å²) < 4.78 is 2.37. The molecular weight excluding hydrogens is 304 g/mol. The summed E-state index contributed by atoms with van der Waals surface area (Å²) in [6.07, 6.45) is 10.2. The van der Waals surface area contributed by atoms with E-state index in [9.17, 15) is 0 Å². The van der Waals surface area contributed by atoms with Crippen LogP contribution in [0, 0.1) is 0 Å². The lowest BCUT2D eigenvalue weighted by molar-refractivity contribution is 0.193. The average molecular weight is 333 g/mol. The second-order valence-electron chi connectivity index (χ2n) is 6.49. The average Bonchev–Trinajstić information content (AvgIpc) is 3.22. The molecule has 4 nitrogen and oxygen atoms in total. The van der Waals surface area contributed by atoms with Crippen molar-refractivity contribution in [2.45, 2.75) is 65.0 Å². The predicted octanol–water partition coefficient (Wildman–Crippen LogP) is 4.08. The number of likely N-dealkylation sites (tertiary alicyclic amines) is 1. The van der Waals surface area contributed by atoms with Crippen LogP contribution in [0.3, 0.4) is 0 Å². The van der Waals surface area contributed by atoms with Gasteiger partial charge < -0.3 is 4.57 Å². The number of rotatable bonds is 7. The summed E-state index contributed by atoms with van der Waals surface area (Å²) in [5.74, 6) is 1.86. The van der Waals surface area contributed by atoms with Crippen LogP contribution in [0.1, 0.15) is 62.0 Å². The third-order valence-corrected chi connectivity index (χ3v) is 5.70. The molecule has 3 heterocycles. The van der Waals surface area contributed by atoms with E-state index in [-0.39, 0.29) is 0 Å². The van der Waals surface area contributed by atoms with Gasteiger partial charge in [-0.15, -0.1) is 11.3 Å². The quantitative estimate of drug-likeness (QED) is 0.766. The molecule has 0 N–H and O–H groups in total. The predicted molar refractivity (Wildman–Crippen MR) is 95.9 cm³/mol. The molecule has 0 aromatic carbocycles. The van der Waals surface area contributed by atoms with Crippen molar-refractivity contribution in [2.24, 2.45) is 0 Å². The molecule has 3 rings (SSSR count). The van der Waals surface area contributed by atoms with Crippen molar-refractivity contribution in [3.05, 3.63) is 34.3 Å². The van der Waals surface area contributed by atoms with E-state index >= 15 is 0 Å². The summed E-state index contributed by atoms with van der Waals surface area (Å²) in [6.45, 7) is 8.82. The Morgan fingerprint density at radius 2 is 2.26 bits per heavy atom. The Hall–Kier alpha value is -1.20. The zero-order valence-corrected chi connectivity index (χ0v) is 15.2. The third-order valence-electron chi connectivity index (χ3n) is 4.66. The Labute approximate surface area is 143 Å². The minimum absolute atomic E-state index is 0.569. The second kappa shape index (κ2) is 8.06. The summed E-state index contributed by atoms with van der Waals surface area (Å²) in [6, 6.07) is 0. The lowest BCUT2D eigenvalue weighted by Crippen LogP contribution is -2.35. The SMILES string of the molecule is CCCCn1ccnc1C1CCCN(Cc2csc(CC)n2)C1. The van der Waals surface area contributed by atoms with Gasteiger partial charge in [0, 0.05) is 43.3 Å². The first kappa shape index (κ1) is 16.7. The molecule has 1 unspecified atom stereocenters. The zero-order valence-electron chi connectivity index (χ0n) is 14.4. The standard InChI is InChI=1S/C18H28N4S/c1-3-5-10-22-11-8-19-18(22)15-7-6-9-21(12-15)13-16-14-23-17(4-2)20-16/h8,11,14-15H,3-7,9-10,12-13H2,1-2H3. The van der Waals surface area contributed by atoms with Crippen LogP contribution in [-0.4, -0.2) is 32.5 Å². The highest BCUT2D eigenvalue weighted by Gasteiger charge is 2.25. The van der Waals surface area contributed by atoms with Crippen molar-refractivity contribution in [1.29, 1.82) is 0 Å². The molecule has 1 fully saturated rings. The first-order valence-corrected chi connectivity index (χ1v) is 9.84. The van der Waals surface area contributed by atoms with Gasteiger partial charge in [-0.25, -0.2) is 9.97 Å². The molecule has 23 heavy (non-hydrogen) atoms. The van der Waals surface area contributed by atoms with E-state index in [0.29, 0.717) is 5.92 Å². The lowest BCUT2D eigenvalue weighted by atomic mass is 9.97. The fourth-order valence-electron chi connectivity index (χ4n) is 3.42. The molecule has 1 aliphatic rings. The van der Waals surface area contributed by atoms with E-state index in [4.69, 9.17) is 4.98 Å². The molecule has 1 saturated heterocycles. The van der Waals surface area contributed by atoms with E-state index in [1.807, 2.05) is 6.20 Å². The van der Waals surface area contributed by atoms with Crippen LogP contribution in [0.2, 0.25) is 0 Å². The summed E-state index contributed by atoms with van der Waals surface area (Å²) in [5, 5.41) is 3.48. The minimum Gasteiger partial charge on any atom is -0.335 e. The maximum absolute atomic E-state index is 4.72. The first-order chi connectivity index (χ1) is 11.3. The Morgan fingerprint density at radius 3 is 3.04 bits per heavy atom. The van der Waals surface area contributed by atoms with Crippen LogP contribution >= 0.6 is 11.3 Å². The molecule has 5 heteroatoms. The molecule has 126 valence electrons. The highest BCUT2D eigenvalue weighted by molar-refractivity contribution is 7.09. The fraction of sp³-hybridized carbons (Fsp3) is 0.667. The number of unbranched alkanes of at least 4 members (excludes halogenated alkanes) is 1. The van der Waals surface area contributed by atoms with E-state index < -0.39 is 0 Å². The largest absolute Gasteiger partial charge is 0.335 e. The van der Waals surface area contributed by atoms with Gasteiger partial charge in [0.2, 0.25) is 0 Å². The number of hydrogen-bond acceptors (Lipinski definition) is 4. The summed E-state index contributed by atoms with van der Waals surface area (Å²) >= 11 is 1.79. The molecule has 0 aliphatic carbocycles. The smallest absolute Gasteiger partial charge is 0.113 e. The van der Waals surface area contributed by atoms with Crippen molar-refractivity contribution in [1.82, 2.24) is 19.4 Å². The number of imidazole rings is 1. The van der Waals surface area contributed by atoms with Gasteiger partial charge in [0.05, 0.1) is 10.7 Å². The number of thiazole rings is 1. The van der Waals surface area contributed by atoms with Gasteiger partial charge in [0.15, 0.2) is 0 Å². The molecule has 0 amide bonds. The number of nitrogens with zero attached hydrogens (tertiary/aromatic N) is 4. The van der Waals surface area contributed by atoms with Crippen molar-refractivity contribution >= 4 is 11.3 Å². The van der Waals surface area contributed by atoms with Gasteiger partial charge in [-0.1, -0.05) is 20.3 Å². The summed E-state index contributed by atoms with van der Waals surface area (Å²) in [5.41, 5.74) is 1.24. The summed E-state index contributed by atoms with van der Waals surface area (Å²) in [7, 11) is 0. The lowest BCUT2D eigenvalue weighted by Gasteiger charge is -2.32. The van der Waals surface area contributed by atoms with Gasteiger partial charge in [0.25, 0.3) is 0 Å². The Kier molecular flexibility index (Phi) is 5.84. The monoisotopic (exact) mass is 332 g/mol. The van der Waals surface area contributed by atoms with E-state index in [2.05, 4.69) is 39.9 Å². The van der Waals surface area contributed by atoms with Crippen LogP contribution in [0.5, 0.6) is 0 Å². The molecular formula is C18H28N4S. The molecule has 0 saturated carbocycles. The number of hydrogen-bond donors (Lipinski definition) is 0. The van der Waals surface area contributed by atoms with Gasteiger partial charge in [-0.3, -0.25) is 4.90 Å². The molecule has 0 radical (unpaired) electrons. The molecule has 2 aromatic rings. The van der Waals surface area contributed by atoms with Crippen molar-refractivity contribution in [3.63, 3.8) is 0 Å². The normalized spacial score (nSPS) is 19.3. The Morgan fingerprint density at radius 1 is 1.35 bits per heavy atom.